The van der Waals surface area contributed by atoms with E-state index in [1.54, 1.807) is 0 Å². The topological polar surface area (TPSA) is 77.7 Å². The monoisotopic (exact) mass is 301 g/mol. The Morgan fingerprint density at radius 3 is 2.77 bits per heavy atom. The van der Waals surface area contributed by atoms with Gasteiger partial charge < -0.3 is 9.88 Å². The first-order chi connectivity index (χ1) is 10.3. The molecule has 1 unspecified atom stereocenters. The number of aryl methyl sites for hydroxylation is 1. The number of likely N-dealkylation sites (tertiary alicyclic amines) is 1. The fraction of sp³-hybridized carbons (Fsp3) is 0.562. The molecule has 1 atom stereocenters. The maximum absolute atomic E-state index is 12.6. The first-order valence-corrected chi connectivity index (χ1v) is 7.71. The molecule has 2 N–H and O–H groups in total. The smallest absolute Gasteiger partial charge is 0.274 e. The van der Waals surface area contributed by atoms with Crippen LogP contribution < -0.4 is 0 Å². The van der Waals surface area contributed by atoms with Gasteiger partial charge >= 0.3 is 0 Å². The summed E-state index contributed by atoms with van der Waals surface area (Å²) in [5.74, 6) is 1.27. The second kappa shape index (κ2) is 5.26. The van der Waals surface area contributed by atoms with Crippen molar-refractivity contribution in [2.45, 2.75) is 45.4 Å². The molecule has 0 aliphatic carbocycles. The van der Waals surface area contributed by atoms with Crippen LogP contribution in [-0.4, -0.2) is 44.1 Å². The molecule has 1 aliphatic heterocycles. The zero-order valence-electron chi connectivity index (χ0n) is 13.6. The molecule has 1 amide bonds. The molecule has 22 heavy (non-hydrogen) atoms. The van der Waals surface area contributed by atoms with E-state index in [-0.39, 0.29) is 11.3 Å². The maximum atomic E-state index is 12.6. The van der Waals surface area contributed by atoms with Gasteiger partial charge in [0.15, 0.2) is 0 Å². The van der Waals surface area contributed by atoms with Crippen molar-refractivity contribution in [3.63, 3.8) is 0 Å². The van der Waals surface area contributed by atoms with Crippen LogP contribution in [0.1, 0.15) is 60.8 Å². The minimum absolute atomic E-state index is 0.00229. The molecule has 6 heteroatoms. The highest BCUT2D eigenvalue weighted by atomic mass is 16.2. The molecule has 0 aromatic carbocycles. The Morgan fingerprint density at radius 1 is 1.41 bits per heavy atom. The van der Waals surface area contributed by atoms with Crippen molar-refractivity contribution in [1.82, 2.24) is 25.1 Å². The number of aromatic nitrogens is 4. The lowest BCUT2D eigenvalue weighted by atomic mass is 9.92. The molecule has 1 fully saturated rings. The second-order valence-electron chi connectivity index (χ2n) is 7.11. The molecule has 0 saturated carbocycles. The highest BCUT2D eigenvalue weighted by Gasteiger charge is 2.31. The Kier molecular flexibility index (Phi) is 3.54. The summed E-state index contributed by atoms with van der Waals surface area (Å²) in [5, 5.41) is 7.17. The molecular formula is C16H23N5O. The van der Waals surface area contributed by atoms with Crippen LogP contribution in [0.4, 0.5) is 0 Å². The van der Waals surface area contributed by atoms with Crippen LogP contribution in [0, 0.1) is 6.92 Å². The van der Waals surface area contributed by atoms with Crippen molar-refractivity contribution in [2.75, 3.05) is 13.1 Å². The van der Waals surface area contributed by atoms with Crippen LogP contribution in [0.25, 0.3) is 0 Å². The summed E-state index contributed by atoms with van der Waals surface area (Å²) in [5.41, 5.74) is 2.50. The summed E-state index contributed by atoms with van der Waals surface area (Å²) in [7, 11) is 0. The van der Waals surface area contributed by atoms with E-state index in [2.05, 4.69) is 40.9 Å². The van der Waals surface area contributed by atoms with Crippen LogP contribution in [-0.2, 0) is 5.41 Å². The quantitative estimate of drug-likeness (QED) is 0.894. The number of aromatic amines is 2. The van der Waals surface area contributed by atoms with Crippen LogP contribution in [0.5, 0.6) is 0 Å². The van der Waals surface area contributed by atoms with Gasteiger partial charge in [0.05, 0.1) is 0 Å². The number of carbonyl (C=O) groups excluding carboxylic acids is 1. The Balaban J connectivity index is 1.70. The van der Waals surface area contributed by atoms with E-state index in [1.165, 1.54) is 0 Å². The van der Waals surface area contributed by atoms with E-state index < -0.39 is 0 Å². The molecule has 0 bridgehead atoms. The molecular weight excluding hydrogens is 278 g/mol. The van der Waals surface area contributed by atoms with Crippen molar-refractivity contribution < 1.29 is 4.79 Å². The Morgan fingerprint density at radius 2 is 2.18 bits per heavy atom. The van der Waals surface area contributed by atoms with Gasteiger partial charge in [-0.15, -0.1) is 0 Å². The molecule has 118 valence electrons. The predicted molar refractivity (Wildman–Crippen MR) is 83.9 cm³/mol. The highest BCUT2D eigenvalue weighted by Crippen LogP contribution is 2.27. The van der Waals surface area contributed by atoms with Gasteiger partial charge in [-0.2, -0.15) is 5.10 Å². The van der Waals surface area contributed by atoms with E-state index in [4.69, 9.17) is 0 Å². The van der Waals surface area contributed by atoms with E-state index in [1.807, 2.05) is 24.1 Å². The largest absolute Gasteiger partial charge is 0.346 e. The number of imidazole rings is 1. The summed E-state index contributed by atoms with van der Waals surface area (Å²) in [6.07, 6.45) is 2.78. The van der Waals surface area contributed by atoms with Gasteiger partial charge in [0.1, 0.15) is 11.5 Å². The summed E-state index contributed by atoms with van der Waals surface area (Å²) in [6, 6.07) is 1.87. The molecule has 2 aromatic rings. The Bertz CT molecular complexity index is 679. The molecule has 6 nitrogen and oxygen atoms in total. The van der Waals surface area contributed by atoms with Crippen molar-refractivity contribution in [2.24, 2.45) is 0 Å². The fourth-order valence-electron chi connectivity index (χ4n) is 2.79. The van der Waals surface area contributed by atoms with E-state index in [9.17, 15) is 4.79 Å². The van der Waals surface area contributed by atoms with E-state index in [0.717, 1.165) is 30.2 Å². The van der Waals surface area contributed by atoms with Gasteiger partial charge in [0.25, 0.3) is 5.91 Å². The van der Waals surface area contributed by atoms with Crippen molar-refractivity contribution in [3.8, 4) is 0 Å². The van der Waals surface area contributed by atoms with Crippen LogP contribution in [0.15, 0.2) is 12.3 Å². The van der Waals surface area contributed by atoms with Crippen LogP contribution >= 0.6 is 0 Å². The average molecular weight is 301 g/mol. The molecule has 0 spiro atoms. The standard InChI is InChI=1S/C16H23N5O/c1-10-8-17-14(18-10)11-5-6-21(9-11)15(22)12-7-13(20-19-12)16(2,3)4/h7-8,11H,5-6,9H2,1-4H3,(H,17,18)(H,19,20). The fourth-order valence-corrected chi connectivity index (χ4v) is 2.79. The van der Waals surface area contributed by atoms with E-state index in [0.29, 0.717) is 18.2 Å². The summed E-state index contributed by atoms with van der Waals surface area (Å²) in [6.45, 7) is 9.73. The lowest BCUT2D eigenvalue weighted by Gasteiger charge is -2.15. The third kappa shape index (κ3) is 2.77. The van der Waals surface area contributed by atoms with Gasteiger partial charge in [0, 0.05) is 42.0 Å². The molecule has 3 heterocycles. The number of carbonyl (C=O) groups is 1. The zero-order chi connectivity index (χ0) is 15.9. The molecule has 3 rings (SSSR count). The molecule has 1 aliphatic rings. The number of H-pyrrole nitrogens is 2. The number of rotatable bonds is 2. The zero-order valence-corrected chi connectivity index (χ0v) is 13.6. The normalized spacial score (nSPS) is 18.9. The number of nitrogens with one attached hydrogen (secondary N) is 2. The molecule has 2 aromatic heterocycles. The first-order valence-electron chi connectivity index (χ1n) is 7.71. The van der Waals surface area contributed by atoms with E-state index >= 15 is 0 Å². The number of amides is 1. The lowest BCUT2D eigenvalue weighted by molar-refractivity contribution is 0.0784. The number of nitrogens with zero attached hydrogens (tertiary/aromatic N) is 3. The second-order valence-corrected chi connectivity index (χ2v) is 7.11. The van der Waals surface area contributed by atoms with Crippen LogP contribution in [0.2, 0.25) is 0 Å². The summed E-state index contributed by atoms with van der Waals surface area (Å²) >= 11 is 0. The number of hydrogen-bond acceptors (Lipinski definition) is 3. The summed E-state index contributed by atoms with van der Waals surface area (Å²) in [4.78, 5) is 22.1. The van der Waals surface area contributed by atoms with Gasteiger partial charge in [0.2, 0.25) is 0 Å². The number of hydrogen-bond donors (Lipinski definition) is 2. The minimum Gasteiger partial charge on any atom is -0.346 e. The minimum atomic E-state index is -0.0369. The van der Waals surface area contributed by atoms with Gasteiger partial charge in [-0.3, -0.25) is 9.89 Å². The maximum Gasteiger partial charge on any atom is 0.274 e. The lowest BCUT2D eigenvalue weighted by Crippen LogP contribution is -2.28. The van der Waals surface area contributed by atoms with Crippen molar-refractivity contribution in [3.05, 3.63) is 35.2 Å². The average Bonchev–Trinajstić information content (AvgIpc) is 3.16. The SMILES string of the molecule is Cc1cnc(C2CCN(C(=O)c3cc(C(C)(C)C)[nH]n3)C2)[nH]1. The van der Waals surface area contributed by atoms with Gasteiger partial charge in [-0.25, -0.2) is 4.98 Å². The first kappa shape index (κ1) is 14.8. The summed E-state index contributed by atoms with van der Waals surface area (Å²) < 4.78 is 0. The van der Waals surface area contributed by atoms with Gasteiger partial charge in [-0.05, 0) is 19.4 Å². The van der Waals surface area contributed by atoms with Crippen LogP contribution in [0.3, 0.4) is 0 Å². The molecule has 0 radical (unpaired) electrons. The highest BCUT2D eigenvalue weighted by molar-refractivity contribution is 5.92. The third-order valence-corrected chi connectivity index (χ3v) is 4.19. The Hall–Kier alpha value is -2.11. The predicted octanol–water partition coefficient (Wildman–Crippen LogP) is 2.37. The van der Waals surface area contributed by atoms with Gasteiger partial charge in [-0.1, -0.05) is 20.8 Å². The third-order valence-electron chi connectivity index (χ3n) is 4.19. The van der Waals surface area contributed by atoms with Crippen molar-refractivity contribution >= 4 is 5.91 Å². The Labute approximate surface area is 130 Å². The molecule has 1 saturated heterocycles. The van der Waals surface area contributed by atoms with Crippen molar-refractivity contribution in [1.29, 1.82) is 0 Å².